The highest BCUT2D eigenvalue weighted by atomic mass is 19.4. The van der Waals surface area contributed by atoms with Crippen LogP contribution in [0.25, 0.3) is 0 Å². The van der Waals surface area contributed by atoms with E-state index >= 15 is 0 Å². The van der Waals surface area contributed by atoms with Gasteiger partial charge in [-0.1, -0.05) is 6.92 Å². The molecule has 0 atom stereocenters. The normalized spacial score (nSPS) is 19.7. The molecule has 0 radical (unpaired) electrons. The first-order valence-corrected chi connectivity index (χ1v) is 8.10. The third-order valence-corrected chi connectivity index (χ3v) is 4.09. The summed E-state index contributed by atoms with van der Waals surface area (Å²) in [5.41, 5.74) is 0.151. The van der Waals surface area contributed by atoms with Crippen molar-refractivity contribution in [3.05, 3.63) is 23.9 Å². The van der Waals surface area contributed by atoms with Crippen molar-refractivity contribution in [3.8, 4) is 5.88 Å². The second-order valence-electron chi connectivity index (χ2n) is 6.04. The van der Waals surface area contributed by atoms with Crippen LogP contribution in [0.2, 0.25) is 0 Å². The summed E-state index contributed by atoms with van der Waals surface area (Å²) in [7, 11) is 0. The molecule has 144 valence electrons. The maximum Gasteiger partial charge on any atom is 0.422 e. The molecule has 26 heavy (non-hydrogen) atoms. The largest absolute Gasteiger partial charge is 0.480 e. The molecule has 1 aromatic rings. The number of carbonyl (C=O) groups excluding carboxylic acids is 1. The van der Waals surface area contributed by atoms with E-state index in [1.807, 2.05) is 11.8 Å². The zero-order chi connectivity index (χ0) is 19.3. The molecule has 2 rings (SSSR count). The van der Waals surface area contributed by atoms with Crippen molar-refractivity contribution in [3.63, 3.8) is 0 Å². The smallest absolute Gasteiger partial charge is 0.422 e. The van der Waals surface area contributed by atoms with Crippen molar-refractivity contribution < 1.29 is 32.6 Å². The molecule has 0 saturated heterocycles. The summed E-state index contributed by atoms with van der Waals surface area (Å²) < 4.78 is 41.0. The molecule has 7 nitrogen and oxygen atoms in total. The number of rotatable bonds is 8. The van der Waals surface area contributed by atoms with Crippen LogP contribution in [0.5, 0.6) is 5.88 Å². The Bertz CT molecular complexity index is 648. The number of aliphatic carboxylic acids is 1. The number of ether oxygens (including phenoxy) is 1. The van der Waals surface area contributed by atoms with Gasteiger partial charge in [-0.05, 0) is 25.5 Å². The fourth-order valence-electron chi connectivity index (χ4n) is 2.73. The number of nitrogens with one attached hydrogen (secondary N) is 1. The van der Waals surface area contributed by atoms with Crippen LogP contribution >= 0.6 is 0 Å². The van der Waals surface area contributed by atoms with E-state index in [4.69, 9.17) is 5.11 Å². The Kier molecular flexibility index (Phi) is 6.41. The molecule has 1 aromatic heterocycles. The minimum Gasteiger partial charge on any atom is -0.480 e. The van der Waals surface area contributed by atoms with Crippen LogP contribution in [0, 0.1) is 0 Å². The fraction of sp³-hybridized carbons (Fsp3) is 0.562. The lowest BCUT2D eigenvalue weighted by Gasteiger charge is -2.42. The second-order valence-corrected chi connectivity index (χ2v) is 6.04. The maximum atomic E-state index is 12.2. The molecule has 1 aliphatic carbocycles. The average Bonchev–Trinajstić information content (AvgIpc) is 2.53. The van der Waals surface area contributed by atoms with Crippen LogP contribution in [0.1, 0.15) is 30.1 Å². The van der Waals surface area contributed by atoms with Gasteiger partial charge in [0.05, 0.1) is 6.54 Å². The van der Waals surface area contributed by atoms with Gasteiger partial charge in [-0.2, -0.15) is 13.2 Å². The van der Waals surface area contributed by atoms with Crippen molar-refractivity contribution in [2.45, 2.75) is 38.0 Å². The van der Waals surface area contributed by atoms with E-state index in [9.17, 15) is 22.8 Å². The first-order chi connectivity index (χ1) is 12.2. The predicted molar refractivity (Wildman–Crippen MR) is 84.9 cm³/mol. The van der Waals surface area contributed by atoms with Gasteiger partial charge in [0.2, 0.25) is 5.88 Å². The molecule has 0 aromatic carbocycles. The summed E-state index contributed by atoms with van der Waals surface area (Å²) in [5.74, 6) is -1.61. The highest BCUT2D eigenvalue weighted by Crippen LogP contribution is 2.26. The van der Waals surface area contributed by atoms with E-state index in [0.717, 1.165) is 6.07 Å². The Balaban J connectivity index is 1.85. The molecule has 1 fully saturated rings. The number of hydrogen-bond acceptors (Lipinski definition) is 5. The van der Waals surface area contributed by atoms with Crippen LogP contribution in [-0.2, 0) is 4.79 Å². The molecule has 1 heterocycles. The lowest BCUT2D eigenvalue weighted by atomic mass is 9.85. The summed E-state index contributed by atoms with van der Waals surface area (Å²) in [6.07, 6.45) is -2.04. The van der Waals surface area contributed by atoms with Gasteiger partial charge < -0.3 is 15.2 Å². The summed E-state index contributed by atoms with van der Waals surface area (Å²) >= 11 is 0. The minimum atomic E-state index is -4.48. The monoisotopic (exact) mass is 375 g/mol. The number of halogens is 3. The van der Waals surface area contributed by atoms with Gasteiger partial charge in [0.25, 0.3) is 5.91 Å². The molecule has 1 saturated carbocycles. The van der Waals surface area contributed by atoms with Crippen molar-refractivity contribution in [1.29, 1.82) is 0 Å². The molecule has 10 heteroatoms. The van der Waals surface area contributed by atoms with E-state index in [2.05, 4.69) is 15.0 Å². The first kappa shape index (κ1) is 20.0. The molecule has 0 unspecified atom stereocenters. The number of hydrogen-bond donors (Lipinski definition) is 2. The fourth-order valence-corrected chi connectivity index (χ4v) is 2.73. The van der Waals surface area contributed by atoms with Gasteiger partial charge in [-0.15, -0.1) is 0 Å². The number of alkyl halides is 3. The van der Waals surface area contributed by atoms with Gasteiger partial charge in [-0.25, -0.2) is 4.98 Å². The highest BCUT2D eigenvalue weighted by molar-refractivity contribution is 5.94. The number of amides is 1. The van der Waals surface area contributed by atoms with Crippen LogP contribution in [0.4, 0.5) is 13.2 Å². The summed E-state index contributed by atoms with van der Waals surface area (Å²) in [5, 5.41) is 11.6. The summed E-state index contributed by atoms with van der Waals surface area (Å²) in [4.78, 5) is 28.5. The molecule has 1 amide bonds. The van der Waals surface area contributed by atoms with Crippen LogP contribution in [0.15, 0.2) is 18.3 Å². The van der Waals surface area contributed by atoms with Gasteiger partial charge in [0, 0.05) is 29.9 Å². The number of pyridine rings is 1. The van der Waals surface area contributed by atoms with Gasteiger partial charge >= 0.3 is 12.1 Å². The van der Waals surface area contributed by atoms with E-state index < -0.39 is 24.7 Å². The summed E-state index contributed by atoms with van der Waals surface area (Å²) in [6.45, 7) is 0.939. The van der Waals surface area contributed by atoms with Crippen molar-refractivity contribution in [2.75, 3.05) is 19.7 Å². The standard InChI is InChI=1S/C16H20F3N3O4/c1-2-22(8-14(23)24)12-6-11(7-12)21-15(25)10-3-4-20-13(5-10)26-9-16(17,18)19/h3-5,11-12H,2,6-9H2,1H3,(H,21,25)(H,23,24). The second kappa shape index (κ2) is 8.35. The highest BCUT2D eigenvalue weighted by Gasteiger charge is 2.35. The maximum absolute atomic E-state index is 12.2. The third-order valence-electron chi connectivity index (χ3n) is 4.09. The zero-order valence-corrected chi connectivity index (χ0v) is 14.1. The molecule has 1 aliphatic rings. The third kappa shape index (κ3) is 5.87. The number of carboxylic acid groups (broad SMARTS) is 1. The van der Waals surface area contributed by atoms with Crippen LogP contribution in [-0.4, -0.2) is 64.8 Å². The Morgan fingerprint density at radius 1 is 1.42 bits per heavy atom. The number of carboxylic acids is 1. The number of carbonyl (C=O) groups is 2. The first-order valence-electron chi connectivity index (χ1n) is 8.10. The van der Waals surface area contributed by atoms with Crippen LogP contribution < -0.4 is 10.1 Å². The lowest BCUT2D eigenvalue weighted by molar-refractivity contribution is -0.154. The van der Waals surface area contributed by atoms with Crippen LogP contribution in [0.3, 0.4) is 0 Å². The van der Waals surface area contributed by atoms with E-state index in [0.29, 0.717) is 19.4 Å². The van der Waals surface area contributed by atoms with E-state index in [-0.39, 0.29) is 30.1 Å². The van der Waals surface area contributed by atoms with Gasteiger partial charge in [0.15, 0.2) is 6.61 Å². The quantitative estimate of drug-likeness (QED) is 0.719. The van der Waals surface area contributed by atoms with Crippen molar-refractivity contribution in [2.24, 2.45) is 0 Å². The summed E-state index contributed by atoms with van der Waals surface area (Å²) in [6, 6.07) is 2.52. The lowest BCUT2D eigenvalue weighted by Crippen LogP contribution is -2.54. The minimum absolute atomic E-state index is 0.0495. The SMILES string of the molecule is CCN(CC(=O)O)C1CC(NC(=O)c2ccnc(OCC(F)(F)F)c2)C1. The van der Waals surface area contributed by atoms with Crippen molar-refractivity contribution in [1.82, 2.24) is 15.2 Å². The molecule has 0 bridgehead atoms. The number of aromatic nitrogens is 1. The van der Waals surface area contributed by atoms with E-state index in [1.165, 1.54) is 12.3 Å². The predicted octanol–water partition coefficient (Wildman–Crippen LogP) is 1.69. The Hall–Kier alpha value is -2.36. The Morgan fingerprint density at radius 3 is 2.69 bits per heavy atom. The van der Waals surface area contributed by atoms with Crippen molar-refractivity contribution >= 4 is 11.9 Å². The number of nitrogens with zero attached hydrogens (tertiary/aromatic N) is 2. The Labute approximate surface area is 148 Å². The van der Waals surface area contributed by atoms with E-state index in [1.54, 1.807) is 0 Å². The van der Waals surface area contributed by atoms with Gasteiger partial charge in [0.1, 0.15) is 0 Å². The molecular formula is C16H20F3N3O4. The molecule has 0 aliphatic heterocycles. The van der Waals surface area contributed by atoms with Gasteiger partial charge in [-0.3, -0.25) is 14.5 Å². The molecular weight excluding hydrogens is 355 g/mol. The molecule has 0 spiro atoms. The molecule has 2 N–H and O–H groups in total. The average molecular weight is 375 g/mol. The number of likely N-dealkylation sites (N-methyl/N-ethyl adjacent to an activating group) is 1. The topological polar surface area (TPSA) is 91.8 Å². The Morgan fingerprint density at radius 2 is 2.12 bits per heavy atom. The zero-order valence-electron chi connectivity index (χ0n) is 14.1.